The van der Waals surface area contributed by atoms with E-state index in [-0.39, 0.29) is 11.8 Å². The lowest BCUT2D eigenvalue weighted by molar-refractivity contribution is -0.240. The Bertz CT molecular complexity index is 311. The summed E-state index contributed by atoms with van der Waals surface area (Å²) in [6.45, 7) is 3.40. The van der Waals surface area contributed by atoms with Crippen LogP contribution in [0.3, 0.4) is 0 Å². The van der Waals surface area contributed by atoms with Crippen molar-refractivity contribution in [3.8, 4) is 0 Å². The van der Waals surface area contributed by atoms with Crippen molar-refractivity contribution < 1.29 is 19.7 Å². The number of hydrogen-bond donors (Lipinski definition) is 1. The van der Waals surface area contributed by atoms with E-state index < -0.39 is 5.97 Å². The van der Waals surface area contributed by atoms with Gasteiger partial charge < -0.3 is 9.79 Å². The van der Waals surface area contributed by atoms with Crippen LogP contribution < -0.4 is 0 Å². The van der Waals surface area contributed by atoms with Crippen LogP contribution >= 0.6 is 0 Å². The molecule has 21 heavy (non-hydrogen) atoms. The van der Waals surface area contributed by atoms with Crippen molar-refractivity contribution in [3.63, 3.8) is 0 Å². The second-order valence-corrected chi connectivity index (χ2v) is 5.94. The highest BCUT2D eigenvalue weighted by atomic mass is 17.1. The Morgan fingerprint density at radius 3 is 2.19 bits per heavy atom. The number of hydrogen-bond acceptors (Lipinski definition) is 4. The summed E-state index contributed by atoms with van der Waals surface area (Å²) in [6, 6.07) is 0. The minimum absolute atomic E-state index is 0.194. The van der Waals surface area contributed by atoms with Gasteiger partial charge in [0, 0.05) is 19.5 Å². The third-order valence-electron chi connectivity index (χ3n) is 4.27. The van der Waals surface area contributed by atoms with Gasteiger partial charge >= 0.3 is 5.97 Å². The molecule has 0 aromatic heterocycles. The van der Waals surface area contributed by atoms with Gasteiger partial charge in [0.1, 0.15) is 0 Å². The monoisotopic (exact) mass is 299 g/mol. The Kier molecular flexibility index (Phi) is 9.06. The van der Waals surface area contributed by atoms with E-state index in [0.29, 0.717) is 32.4 Å². The first-order valence-corrected chi connectivity index (χ1v) is 8.32. The van der Waals surface area contributed by atoms with Crippen molar-refractivity contribution in [2.75, 3.05) is 13.1 Å². The summed E-state index contributed by atoms with van der Waals surface area (Å²) in [7, 11) is 0. The lowest BCUT2D eigenvalue weighted by Crippen LogP contribution is -2.40. The van der Waals surface area contributed by atoms with Gasteiger partial charge in [-0.05, 0) is 19.3 Å². The van der Waals surface area contributed by atoms with Gasteiger partial charge in [-0.2, -0.15) is 5.26 Å². The molecule has 0 saturated carbocycles. The van der Waals surface area contributed by atoms with Crippen molar-refractivity contribution >= 4 is 11.9 Å². The van der Waals surface area contributed by atoms with E-state index in [1.165, 1.54) is 32.1 Å². The summed E-state index contributed by atoms with van der Waals surface area (Å²) in [5.41, 5.74) is 0. The maximum absolute atomic E-state index is 12.0. The number of likely N-dealkylation sites (tertiary alicyclic amines) is 1. The third kappa shape index (κ3) is 6.93. The van der Waals surface area contributed by atoms with Crippen LogP contribution in [0.15, 0.2) is 0 Å². The maximum Gasteiger partial charge on any atom is 0.345 e. The zero-order valence-corrected chi connectivity index (χ0v) is 13.2. The summed E-state index contributed by atoms with van der Waals surface area (Å²) >= 11 is 0. The van der Waals surface area contributed by atoms with Crippen LogP contribution in [0.1, 0.15) is 71.1 Å². The minimum atomic E-state index is -0.575. The Morgan fingerprint density at radius 1 is 1.05 bits per heavy atom. The van der Waals surface area contributed by atoms with E-state index in [2.05, 4.69) is 11.8 Å². The third-order valence-corrected chi connectivity index (χ3v) is 4.27. The molecule has 1 N–H and O–H groups in total. The van der Waals surface area contributed by atoms with Crippen LogP contribution in [-0.4, -0.2) is 35.1 Å². The van der Waals surface area contributed by atoms with Crippen LogP contribution in [0, 0.1) is 5.92 Å². The standard InChI is InChI=1S/C16H29NO4/c1-2-3-4-5-6-7-8-9-15(18)17-12-10-14(11-13-17)16(19)21-20/h14,20H,2-13H2,1H3. The molecule has 0 unspecified atom stereocenters. The lowest BCUT2D eigenvalue weighted by atomic mass is 9.96. The number of piperidine rings is 1. The molecule has 1 aliphatic rings. The van der Waals surface area contributed by atoms with Gasteiger partial charge in [-0.15, -0.1) is 0 Å². The van der Waals surface area contributed by atoms with Crippen molar-refractivity contribution in [1.82, 2.24) is 4.90 Å². The van der Waals surface area contributed by atoms with Gasteiger partial charge in [0.15, 0.2) is 0 Å². The quantitative estimate of drug-likeness (QED) is 0.402. The molecule has 0 aromatic carbocycles. The van der Waals surface area contributed by atoms with Crippen LogP contribution in [0.25, 0.3) is 0 Å². The van der Waals surface area contributed by atoms with Crippen LogP contribution in [-0.2, 0) is 14.5 Å². The predicted molar refractivity (Wildman–Crippen MR) is 80.6 cm³/mol. The zero-order valence-electron chi connectivity index (χ0n) is 13.2. The van der Waals surface area contributed by atoms with E-state index >= 15 is 0 Å². The molecule has 0 bridgehead atoms. The Hall–Kier alpha value is -1.10. The van der Waals surface area contributed by atoms with Gasteiger partial charge in [0.05, 0.1) is 5.92 Å². The number of unbranched alkanes of at least 4 members (excludes halogenated alkanes) is 6. The van der Waals surface area contributed by atoms with Crippen LogP contribution in [0.2, 0.25) is 0 Å². The average molecular weight is 299 g/mol. The number of nitrogens with zero attached hydrogens (tertiary/aromatic N) is 1. The molecule has 0 spiro atoms. The molecule has 1 heterocycles. The van der Waals surface area contributed by atoms with Gasteiger partial charge in [-0.1, -0.05) is 45.4 Å². The molecule has 1 fully saturated rings. The molecule has 1 aliphatic heterocycles. The van der Waals surface area contributed by atoms with E-state index in [4.69, 9.17) is 5.26 Å². The highest BCUT2D eigenvalue weighted by molar-refractivity contribution is 5.77. The minimum Gasteiger partial charge on any atom is -0.343 e. The fraction of sp³-hybridized carbons (Fsp3) is 0.875. The smallest absolute Gasteiger partial charge is 0.343 e. The van der Waals surface area contributed by atoms with Crippen LogP contribution in [0.5, 0.6) is 0 Å². The lowest BCUT2D eigenvalue weighted by Gasteiger charge is -2.30. The van der Waals surface area contributed by atoms with Gasteiger partial charge in [-0.3, -0.25) is 4.79 Å². The number of carbonyl (C=O) groups is 2. The topological polar surface area (TPSA) is 66.8 Å². The van der Waals surface area contributed by atoms with Crippen LogP contribution in [0.4, 0.5) is 0 Å². The fourth-order valence-corrected chi connectivity index (χ4v) is 2.83. The predicted octanol–water partition coefficient (Wildman–Crippen LogP) is 3.38. The Balaban J connectivity index is 2.07. The largest absolute Gasteiger partial charge is 0.345 e. The average Bonchev–Trinajstić information content (AvgIpc) is 2.53. The highest BCUT2D eigenvalue weighted by Crippen LogP contribution is 2.19. The Labute approximate surface area is 127 Å². The molecular formula is C16H29NO4. The van der Waals surface area contributed by atoms with Gasteiger partial charge in [-0.25, -0.2) is 4.79 Å². The van der Waals surface area contributed by atoms with Crippen molar-refractivity contribution in [1.29, 1.82) is 0 Å². The van der Waals surface area contributed by atoms with Crippen molar-refractivity contribution in [2.45, 2.75) is 71.1 Å². The summed E-state index contributed by atoms with van der Waals surface area (Å²) < 4.78 is 0. The first kappa shape index (κ1) is 18.0. The normalized spacial score (nSPS) is 16.0. The zero-order chi connectivity index (χ0) is 15.5. The highest BCUT2D eigenvalue weighted by Gasteiger charge is 2.28. The molecule has 1 saturated heterocycles. The molecule has 0 aromatic rings. The first-order valence-electron chi connectivity index (χ1n) is 8.32. The number of amides is 1. The van der Waals surface area contributed by atoms with E-state index in [1.54, 1.807) is 0 Å². The molecule has 0 aliphatic carbocycles. The Morgan fingerprint density at radius 2 is 1.62 bits per heavy atom. The fourth-order valence-electron chi connectivity index (χ4n) is 2.83. The molecule has 1 amide bonds. The molecule has 5 heteroatoms. The summed E-state index contributed by atoms with van der Waals surface area (Å²) in [5.74, 6) is -0.647. The molecule has 122 valence electrons. The van der Waals surface area contributed by atoms with E-state index in [0.717, 1.165) is 12.8 Å². The second kappa shape index (κ2) is 10.6. The summed E-state index contributed by atoms with van der Waals surface area (Å²) in [5, 5.41) is 8.35. The second-order valence-electron chi connectivity index (χ2n) is 5.94. The molecule has 5 nitrogen and oxygen atoms in total. The number of carbonyl (C=O) groups excluding carboxylic acids is 2. The van der Waals surface area contributed by atoms with Crippen molar-refractivity contribution in [2.24, 2.45) is 5.92 Å². The van der Waals surface area contributed by atoms with Gasteiger partial charge in [0.2, 0.25) is 5.91 Å². The summed E-state index contributed by atoms with van der Waals surface area (Å²) in [6.07, 6.45) is 10.2. The van der Waals surface area contributed by atoms with Gasteiger partial charge in [0.25, 0.3) is 0 Å². The SMILES string of the molecule is CCCCCCCCCC(=O)N1CCC(C(=O)OO)CC1. The summed E-state index contributed by atoms with van der Waals surface area (Å²) in [4.78, 5) is 28.8. The van der Waals surface area contributed by atoms with E-state index in [9.17, 15) is 9.59 Å². The molecule has 0 atom stereocenters. The molecule has 0 radical (unpaired) electrons. The maximum atomic E-state index is 12.0. The molecular weight excluding hydrogens is 270 g/mol. The number of rotatable bonds is 9. The van der Waals surface area contributed by atoms with E-state index in [1.807, 2.05) is 4.90 Å². The first-order chi connectivity index (χ1) is 10.2. The molecule has 1 rings (SSSR count). The van der Waals surface area contributed by atoms with Crippen molar-refractivity contribution in [3.05, 3.63) is 0 Å².